The molecule has 0 atom stereocenters. The zero-order valence-corrected chi connectivity index (χ0v) is 15.3. The number of aryl methyl sites for hydroxylation is 3. The Morgan fingerprint density at radius 3 is 2.54 bits per heavy atom. The van der Waals surface area contributed by atoms with Gasteiger partial charge in [0.25, 0.3) is 5.91 Å². The van der Waals surface area contributed by atoms with Gasteiger partial charge in [-0.15, -0.1) is 11.3 Å². The second-order valence-electron chi connectivity index (χ2n) is 6.05. The fourth-order valence-corrected chi connectivity index (χ4v) is 3.90. The predicted molar refractivity (Wildman–Crippen MR) is 99.5 cm³/mol. The Kier molecular flexibility index (Phi) is 3.84. The van der Waals surface area contributed by atoms with Gasteiger partial charge >= 0.3 is 0 Å². The lowest BCUT2D eigenvalue weighted by molar-refractivity contribution is 0.102. The highest BCUT2D eigenvalue weighted by Crippen LogP contribution is 2.31. The van der Waals surface area contributed by atoms with E-state index in [-0.39, 0.29) is 11.7 Å². The minimum absolute atomic E-state index is 0.195. The van der Waals surface area contributed by atoms with Gasteiger partial charge in [-0.3, -0.25) is 9.48 Å². The van der Waals surface area contributed by atoms with Crippen LogP contribution in [-0.4, -0.2) is 25.5 Å². The molecule has 3 heterocycles. The van der Waals surface area contributed by atoms with Crippen molar-refractivity contribution >= 4 is 33.3 Å². The van der Waals surface area contributed by atoms with E-state index in [1.807, 2.05) is 26.0 Å². The highest BCUT2D eigenvalue weighted by atomic mass is 32.1. The lowest BCUT2D eigenvalue weighted by atomic mass is 10.3. The molecular weight excluding hydrogens is 353 g/mol. The van der Waals surface area contributed by atoms with Crippen LogP contribution >= 0.6 is 11.3 Å². The number of carbonyl (C=O) groups is 1. The lowest BCUT2D eigenvalue weighted by Crippen LogP contribution is -2.13. The first-order chi connectivity index (χ1) is 12.4. The first-order valence-corrected chi connectivity index (χ1v) is 8.81. The summed E-state index contributed by atoms with van der Waals surface area (Å²) in [5, 5.41) is 12.5. The van der Waals surface area contributed by atoms with E-state index in [1.54, 1.807) is 28.5 Å². The first-order valence-electron chi connectivity index (χ1n) is 7.99. The van der Waals surface area contributed by atoms with Crippen LogP contribution in [0.5, 0.6) is 0 Å². The Hall–Kier alpha value is -3.00. The number of hydrogen-bond donors (Lipinski definition) is 1. The van der Waals surface area contributed by atoms with Crippen molar-refractivity contribution in [2.45, 2.75) is 13.8 Å². The highest BCUT2D eigenvalue weighted by molar-refractivity contribution is 7.20. The van der Waals surface area contributed by atoms with Crippen LogP contribution in [0.25, 0.3) is 15.9 Å². The fraction of sp³-hybridized carbons (Fsp3) is 0.167. The molecule has 8 heteroatoms. The number of carbonyl (C=O) groups excluding carboxylic acids is 1. The summed E-state index contributed by atoms with van der Waals surface area (Å²) in [5.41, 5.74) is 2.40. The third-order valence-electron chi connectivity index (χ3n) is 4.08. The van der Waals surface area contributed by atoms with Crippen molar-refractivity contribution < 1.29 is 9.18 Å². The number of anilines is 1. The molecule has 1 N–H and O–H groups in total. The molecule has 0 saturated carbocycles. The van der Waals surface area contributed by atoms with Gasteiger partial charge in [-0.2, -0.15) is 10.2 Å². The number of halogens is 1. The molecule has 0 fully saturated rings. The maximum Gasteiger partial charge on any atom is 0.266 e. The fourth-order valence-electron chi connectivity index (χ4n) is 2.82. The molecule has 0 aliphatic heterocycles. The molecule has 0 saturated heterocycles. The van der Waals surface area contributed by atoms with Gasteiger partial charge in [0.15, 0.2) is 0 Å². The Morgan fingerprint density at radius 1 is 1.15 bits per heavy atom. The van der Waals surface area contributed by atoms with E-state index in [9.17, 15) is 9.18 Å². The summed E-state index contributed by atoms with van der Waals surface area (Å²) in [6.45, 7) is 3.76. The largest absolute Gasteiger partial charge is 0.306 e. The third-order valence-corrected chi connectivity index (χ3v) is 5.19. The van der Waals surface area contributed by atoms with Crippen molar-refractivity contribution in [1.82, 2.24) is 19.6 Å². The molecule has 4 aromatic rings. The van der Waals surface area contributed by atoms with Gasteiger partial charge in [0.2, 0.25) is 0 Å². The Bertz CT molecular complexity index is 1120. The molecule has 1 amide bonds. The molecule has 3 aromatic heterocycles. The SMILES string of the molecule is Cc1cc(NC(=O)c2cc3c(C)nn(-c4ccc(F)cc4)c3s2)n(C)n1. The number of fused-ring (bicyclic) bond motifs is 1. The minimum Gasteiger partial charge on any atom is -0.306 e. The lowest BCUT2D eigenvalue weighted by Gasteiger charge is -2.03. The quantitative estimate of drug-likeness (QED) is 0.597. The second-order valence-corrected chi connectivity index (χ2v) is 7.08. The van der Waals surface area contributed by atoms with E-state index in [2.05, 4.69) is 15.5 Å². The summed E-state index contributed by atoms with van der Waals surface area (Å²) < 4.78 is 16.6. The zero-order valence-electron chi connectivity index (χ0n) is 14.4. The van der Waals surface area contributed by atoms with Crippen LogP contribution in [0.4, 0.5) is 10.2 Å². The molecule has 1 aromatic carbocycles. The normalized spacial score (nSPS) is 11.2. The number of benzene rings is 1. The van der Waals surface area contributed by atoms with Gasteiger partial charge in [0, 0.05) is 18.5 Å². The number of thiophene rings is 1. The van der Waals surface area contributed by atoms with Gasteiger partial charge < -0.3 is 5.32 Å². The van der Waals surface area contributed by atoms with Gasteiger partial charge in [-0.05, 0) is 44.2 Å². The molecule has 0 aliphatic carbocycles. The molecule has 0 unspecified atom stereocenters. The molecule has 132 valence electrons. The summed E-state index contributed by atoms with van der Waals surface area (Å²) >= 11 is 1.35. The summed E-state index contributed by atoms with van der Waals surface area (Å²) in [5.74, 6) is 0.146. The van der Waals surface area contributed by atoms with Crippen molar-refractivity contribution in [1.29, 1.82) is 0 Å². The maximum atomic E-state index is 13.2. The topological polar surface area (TPSA) is 64.7 Å². The Morgan fingerprint density at radius 2 is 1.88 bits per heavy atom. The van der Waals surface area contributed by atoms with Gasteiger partial charge in [0.05, 0.1) is 22.0 Å². The number of nitrogens with one attached hydrogen (secondary N) is 1. The van der Waals surface area contributed by atoms with Gasteiger partial charge in [-0.1, -0.05) is 0 Å². The monoisotopic (exact) mass is 369 g/mol. The third kappa shape index (κ3) is 2.78. The van der Waals surface area contributed by atoms with Crippen molar-refractivity contribution in [3.05, 3.63) is 58.5 Å². The molecule has 0 radical (unpaired) electrons. The van der Waals surface area contributed by atoms with Gasteiger partial charge in [0.1, 0.15) is 16.5 Å². The maximum absolute atomic E-state index is 13.2. The molecule has 26 heavy (non-hydrogen) atoms. The van der Waals surface area contributed by atoms with Crippen molar-refractivity contribution in [3.8, 4) is 5.69 Å². The van der Waals surface area contributed by atoms with E-state index < -0.39 is 0 Å². The Labute approximate surface area is 152 Å². The standard InChI is InChI=1S/C18H16FN5OS/c1-10-8-16(23(3)21-10)20-17(25)15-9-14-11(2)22-24(18(14)26-15)13-6-4-12(19)5-7-13/h4-9H,1-3H3,(H,20,25). The van der Waals surface area contributed by atoms with Crippen LogP contribution in [0.15, 0.2) is 36.4 Å². The van der Waals surface area contributed by atoms with Crippen molar-refractivity contribution in [2.24, 2.45) is 7.05 Å². The van der Waals surface area contributed by atoms with Crippen LogP contribution in [0.1, 0.15) is 21.1 Å². The number of aromatic nitrogens is 4. The van der Waals surface area contributed by atoms with E-state index >= 15 is 0 Å². The van der Waals surface area contributed by atoms with E-state index in [4.69, 9.17) is 0 Å². The van der Waals surface area contributed by atoms with E-state index in [0.717, 1.165) is 27.3 Å². The number of hydrogen-bond acceptors (Lipinski definition) is 4. The van der Waals surface area contributed by atoms with Crippen molar-refractivity contribution in [3.63, 3.8) is 0 Å². The summed E-state index contributed by atoms with van der Waals surface area (Å²) in [4.78, 5) is 14.1. The molecule has 0 spiro atoms. The van der Waals surface area contributed by atoms with Crippen LogP contribution < -0.4 is 5.32 Å². The number of amides is 1. The van der Waals surface area contributed by atoms with E-state index in [1.165, 1.54) is 23.5 Å². The molecule has 0 bridgehead atoms. The van der Waals surface area contributed by atoms with Crippen LogP contribution in [0.3, 0.4) is 0 Å². The van der Waals surface area contributed by atoms with Gasteiger partial charge in [-0.25, -0.2) is 9.07 Å². The average Bonchev–Trinajstić information content (AvgIpc) is 3.24. The van der Waals surface area contributed by atoms with Crippen LogP contribution in [0.2, 0.25) is 0 Å². The van der Waals surface area contributed by atoms with Crippen LogP contribution in [0, 0.1) is 19.7 Å². The second kappa shape index (κ2) is 6.06. The predicted octanol–water partition coefficient (Wildman–Crippen LogP) is 3.83. The minimum atomic E-state index is -0.299. The van der Waals surface area contributed by atoms with Crippen molar-refractivity contribution in [2.75, 3.05) is 5.32 Å². The Balaban J connectivity index is 1.71. The molecule has 0 aliphatic rings. The number of rotatable bonds is 3. The highest BCUT2D eigenvalue weighted by Gasteiger charge is 2.18. The molecular formula is C18H16FN5OS. The molecule has 4 rings (SSSR count). The zero-order chi connectivity index (χ0) is 18.4. The van der Waals surface area contributed by atoms with Crippen LogP contribution in [-0.2, 0) is 7.05 Å². The average molecular weight is 369 g/mol. The summed E-state index contributed by atoms with van der Waals surface area (Å²) in [7, 11) is 1.78. The van der Waals surface area contributed by atoms with E-state index in [0.29, 0.717) is 10.7 Å². The number of nitrogens with zero attached hydrogens (tertiary/aromatic N) is 4. The molecule has 6 nitrogen and oxygen atoms in total. The smallest absolute Gasteiger partial charge is 0.266 e. The summed E-state index contributed by atoms with van der Waals surface area (Å²) in [6.07, 6.45) is 0. The first kappa shape index (κ1) is 16.5. The summed E-state index contributed by atoms with van der Waals surface area (Å²) in [6, 6.07) is 9.77.